The molecule has 130 valence electrons. The molecule has 0 aromatic rings. The monoisotopic (exact) mass is 321 g/mol. The average Bonchev–Trinajstić information content (AvgIpc) is 2.45. The minimum absolute atomic E-state index is 0.392. The van der Waals surface area contributed by atoms with Crippen molar-refractivity contribution in [2.24, 2.45) is 0 Å². The number of hydrogen-bond acceptors (Lipinski definition) is 3. The molecule has 2 aliphatic rings. The lowest BCUT2D eigenvalue weighted by Crippen LogP contribution is -2.46. The van der Waals surface area contributed by atoms with Gasteiger partial charge in [-0.3, -0.25) is 4.90 Å². The molecule has 0 spiro atoms. The molecule has 1 N–H and O–H groups in total. The Hall–Kier alpha value is -0.330. The summed E-state index contributed by atoms with van der Waals surface area (Å²) in [7, 11) is 0. The van der Waals surface area contributed by atoms with Crippen LogP contribution < -0.4 is 5.32 Å². The first-order valence-corrected chi connectivity index (χ1v) is 8.70. The van der Waals surface area contributed by atoms with Gasteiger partial charge in [0.25, 0.3) is 0 Å². The van der Waals surface area contributed by atoms with Crippen LogP contribution in [0, 0.1) is 0 Å². The fourth-order valence-electron chi connectivity index (χ4n) is 3.63. The van der Waals surface area contributed by atoms with E-state index >= 15 is 0 Å². The van der Waals surface area contributed by atoms with Crippen LogP contribution in [0.4, 0.5) is 13.2 Å². The third-order valence-corrected chi connectivity index (χ3v) is 4.99. The molecular formula is C16H30F3N3. The van der Waals surface area contributed by atoms with Crippen LogP contribution in [0.1, 0.15) is 45.4 Å². The zero-order chi connectivity index (χ0) is 16.0. The number of piperidine rings is 2. The predicted octanol–water partition coefficient (Wildman–Crippen LogP) is 2.87. The van der Waals surface area contributed by atoms with E-state index in [4.69, 9.17) is 0 Å². The van der Waals surface area contributed by atoms with Gasteiger partial charge >= 0.3 is 6.18 Å². The van der Waals surface area contributed by atoms with Gasteiger partial charge in [-0.25, -0.2) is 0 Å². The van der Waals surface area contributed by atoms with Gasteiger partial charge in [0.05, 0.1) is 6.54 Å². The molecule has 0 bridgehead atoms. The third kappa shape index (κ3) is 6.42. The van der Waals surface area contributed by atoms with Crippen LogP contribution >= 0.6 is 0 Å². The van der Waals surface area contributed by atoms with Gasteiger partial charge < -0.3 is 10.2 Å². The summed E-state index contributed by atoms with van der Waals surface area (Å²) < 4.78 is 37.0. The summed E-state index contributed by atoms with van der Waals surface area (Å²) in [6, 6.07) is 1.10. The van der Waals surface area contributed by atoms with Crippen molar-refractivity contribution < 1.29 is 13.2 Å². The van der Waals surface area contributed by atoms with Crippen molar-refractivity contribution in [1.82, 2.24) is 15.1 Å². The maximum absolute atomic E-state index is 12.3. The highest BCUT2D eigenvalue weighted by molar-refractivity contribution is 4.79. The molecule has 1 unspecified atom stereocenters. The van der Waals surface area contributed by atoms with Crippen LogP contribution in [0.25, 0.3) is 0 Å². The molecule has 6 heteroatoms. The zero-order valence-corrected chi connectivity index (χ0v) is 13.7. The van der Waals surface area contributed by atoms with E-state index < -0.39 is 12.7 Å². The first-order valence-electron chi connectivity index (χ1n) is 8.70. The maximum Gasteiger partial charge on any atom is 0.401 e. The molecule has 2 rings (SSSR count). The minimum Gasteiger partial charge on any atom is -0.314 e. The molecule has 2 heterocycles. The number of hydrogen-bond donors (Lipinski definition) is 1. The second kappa shape index (κ2) is 8.50. The first-order chi connectivity index (χ1) is 10.4. The van der Waals surface area contributed by atoms with Crippen molar-refractivity contribution in [1.29, 1.82) is 0 Å². The lowest BCUT2D eigenvalue weighted by Gasteiger charge is -2.34. The van der Waals surface area contributed by atoms with Crippen LogP contribution in [0.15, 0.2) is 0 Å². The molecule has 2 aliphatic heterocycles. The standard InChI is InChI=1S/C16H30F3N3/c1-14-5-2-3-9-22(14)10-4-8-20-15-6-11-21(12-7-15)13-16(17,18)19/h14-15,20H,2-13H2,1H3. The quantitative estimate of drug-likeness (QED) is 0.759. The molecule has 22 heavy (non-hydrogen) atoms. The summed E-state index contributed by atoms with van der Waals surface area (Å²) in [5.41, 5.74) is 0. The molecule has 0 radical (unpaired) electrons. The van der Waals surface area contributed by atoms with E-state index in [0.717, 1.165) is 32.4 Å². The Labute approximate surface area is 132 Å². The SMILES string of the molecule is CC1CCCCN1CCCNC1CCN(CC(F)(F)F)CC1. The highest BCUT2D eigenvalue weighted by atomic mass is 19.4. The summed E-state index contributed by atoms with van der Waals surface area (Å²) in [5, 5.41) is 3.52. The van der Waals surface area contributed by atoms with E-state index in [2.05, 4.69) is 17.1 Å². The van der Waals surface area contributed by atoms with Crippen LogP contribution in [0.3, 0.4) is 0 Å². The fourth-order valence-corrected chi connectivity index (χ4v) is 3.63. The molecule has 0 aliphatic carbocycles. The third-order valence-electron chi connectivity index (χ3n) is 4.99. The smallest absolute Gasteiger partial charge is 0.314 e. The molecule has 2 fully saturated rings. The number of rotatable bonds is 6. The van der Waals surface area contributed by atoms with Gasteiger partial charge in [0.2, 0.25) is 0 Å². The number of nitrogens with zero attached hydrogens (tertiary/aromatic N) is 2. The lowest BCUT2D eigenvalue weighted by molar-refractivity contribution is -0.148. The van der Waals surface area contributed by atoms with Crippen molar-refractivity contribution >= 4 is 0 Å². The van der Waals surface area contributed by atoms with E-state index in [9.17, 15) is 13.2 Å². The normalized spacial score (nSPS) is 26.5. The summed E-state index contributed by atoms with van der Waals surface area (Å²) in [6.45, 7) is 6.00. The van der Waals surface area contributed by atoms with Crippen LogP contribution in [0.5, 0.6) is 0 Å². The molecule has 0 amide bonds. The van der Waals surface area contributed by atoms with Crippen molar-refractivity contribution in [2.45, 2.75) is 63.7 Å². The Morgan fingerprint density at radius 2 is 1.77 bits per heavy atom. The summed E-state index contributed by atoms with van der Waals surface area (Å²) in [5.74, 6) is 0. The van der Waals surface area contributed by atoms with Gasteiger partial charge in [-0.05, 0) is 71.8 Å². The van der Waals surface area contributed by atoms with Crippen LogP contribution in [-0.4, -0.2) is 67.3 Å². The highest BCUT2D eigenvalue weighted by Crippen LogP contribution is 2.20. The summed E-state index contributed by atoms with van der Waals surface area (Å²) in [4.78, 5) is 4.09. The second-order valence-corrected chi connectivity index (χ2v) is 6.85. The van der Waals surface area contributed by atoms with E-state index in [1.165, 1.54) is 30.7 Å². The van der Waals surface area contributed by atoms with Gasteiger partial charge in [-0.15, -0.1) is 0 Å². The maximum atomic E-state index is 12.3. The van der Waals surface area contributed by atoms with Crippen molar-refractivity contribution in [3.63, 3.8) is 0 Å². The number of halogens is 3. The van der Waals surface area contributed by atoms with Crippen LogP contribution in [0.2, 0.25) is 0 Å². The highest BCUT2D eigenvalue weighted by Gasteiger charge is 2.32. The molecule has 0 saturated carbocycles. The Morgan fingerprint density at radius 1 is 1.05 bits per heavy atom. The van der Waals surface area contributed by atoms with Gasteiger partial charge in [0, 0.05) is 12.1 Å². The number of alkyl halides is 3. The number of nitrogens with one attached hydrogen (secondary N) is 1. The topological polar surface area (TPSA) is 18.5 Å². The van der Waals surface area contributed by atoms with E-state index in [-0.39, 0.29) is 0 Å². The number of likely N-dealkylation sites (tertiary alicyclic amines) is 2. The molecule has 3 nitrogen and oxygen atoms in total. The van der Waals surface area contributed by atoms with Gasteiger partial charge in [0.1, 0.15) is 0 Å². The van der Waals surface area contributed by atoms with Crippen molar-refractivity contribution in [2.75, 3.05) is 39.3 Å². The first kappa shape index (κ1) is 18.0. The lowest BCUT2D eigenvalue weighted by atomic mass is 10.0. The Morgan fingerprint density at radius 3 is 2.41 bits per heavy atom. The summed E-state index contributed by atoms with van der Waals surface area (Å²) in [6.07, 6.45) is 2.71. The molecular weight excluding hydrogens is 291 g/mol. The minimum atomic E-state index is -4.06. The molecule has 1 atom stereocenters. The van der Waals surface area contributed by atoms with Gasteiger partial charge in [-0.2, -0.15) is 13.2 Å². The Balaban J connectivity index is 1.53. The van der Waals surface area contributed by atoms with Crippen molar-refractivity contribution in [3.8, 4) is 0 Å². The van der Waals surface area contributed by atoms with E-state index in [1.54, 1.807) is 0 Å². The zero-order valence-electron chi connectivity index (χ0n) is 13.7. The van der Waals surface area contributed by atoms with E-state index in [0.29, 0.717) is 25.2 Å². The second-order valence-electron chi connectivity index (χ2n) is 6.85. The summed E-state index contributed by atoms with van der Waals surface area (Å²) >= 11 is 0. The van der Waals surface area contributed by atoms with Gasteiger partial charge in [-0.1, -0.05) is 6.42 Å². The van der Waals surface area contributed by atoms with Gasteiger partial charge in [0.15, 0.2) is 0 Å². The van der Waals surface area contributed by atoms with E-state index in [1.807, 2.05) is 0 Å². The van der Waals surface area contributed by atoms with Crippen LogP contribution in [-0.2, 0) is 0 Å². The fraction of sp³-hybridized carbons (Fsp3) is 1.00. The molecule has 2 saturated heterocycles. The predicted molar refractivity (Wildman–Crippen MR) is 83.0 cm³/mol. The molecule has 0 aromatic carbocycles. The van der Waals surface area contributed by atoms with Crippen molar-refractivity contribution in [3.05, 3.63) is 0 Å². The Bertz CT molecular complexity index is 314. The average molecular weight is 321 g/mol. The molecule has 0 aromatic heterocycles. The largest absolute Gasteiger partial charge is 0.401 e. The Kier molecular flexibility index (Phi) is 6.96.